The van der Waals surface area contributed by atoms with Gasteiger partial charge in [-0.3, -0.25) is 4.72 Å². The van der Waals surface area contributed by atoms with Gasteiger partial charge in [-0.25, -0.2) is 17.6 Å². The normalized spacial score (nSPS) is 18.9. The maximum atomic E-state index is 14.0. The number of anilines is 1. The molecule has 2 aromatic carbocycles. The molecule has 0 saturated heterocycles. The number of carboxylic acids is 1. The molecular formula is C25H29FN2O5S. The van der Waals surface area contributed by atoms with Gasteiger partial charge in [-0.1, -0.05) is 32.1 Å². The van der Waals surface area contributed by atoms with E-state index < -0.39 is 21.8 Å². The van der Waals surface area contributed by atoms with Crippen LogP contribution in [0, 0.1) is 11.7 Å². The number of ether oxygens (including phenoxy) is 1. The first-order valence-electron chi connectivity index (χ1n) is 11.5. The summed E-state index contributed by atoms with van der Waals surface area (Å²) in [5.41, 5.74) is 0.713. The molecule has 1 aliphatic heterocycles. The number of halogens is 1. The molecular weight excluding hydrogens is 459 g/mol. The first kappa shape index (κ1) is 24.2. The van der Waals surface area contributed by atoms with Gasteiger partial charge < -0.3 is 14.7 Å². The number of benzene rings is 2. The molecule has 0 bridgehead atoms. The number of aromatic carboxylic acids is 1. The minimum atomic E-state index is -4.21. The molecule has 2 N–H and O–H groups in total. The van der Waals surface area contributed by atoms with E-state index in [0.717, 1.165) is 43.8 Å². The summed E-state index contributed by atoms with van der Waals surface area (Å²) < 4.78 is 48.6. The fraction of sp³-hybridized carbons (Fsp3) is 0.400. The summed E-state index contributed by atoms with van der Waals surface area (Å²) in [6.07, 6.45) is 5.02. The second kappa shape index (κ2) is 9.76. The zero-order valence-corrected chi connectivity index (χ0v) is 20.1. The topological polar surface area (TPSA) is 95.9 Å². The van der Waals surface area contributed by atoms with E-state index in [9.17, 15) is 22.7 Å². The fourth-order valence-corrected chi connectivity index (χ4v) is 5.70. The Morgan fingerprint density at radius 3 is 2.74 bits per heavy atom. The van der Waals surface area contributed by atoms with Gasteiger partial charge in [-0.15, -0.1) is 0 Å². The predicted molar refractivity (Wildman–Crippen MR) is 128 cm³/mol. The third kappa shape index (κ3) is 4.95. The van der Waals surface area contributed by atoms with E-state index in [1.807, 2.05) is 6.08 Å². The van der Waals surface area contributed by atoms with Crippen molar-refractivity contribution in [3.63, 3.8) is 0 Å². The van der Waals surface area contributed by atoms with Gasteiger partial charge in [0.2, 0.25) is 0 Å². The molecule has 7 nitrogen and oxygen atoms in total. The third-order valence-electron chi connectivity index (χ3n) is 6.48. The molecule has 2 aliphatic rings. The largest absolute Gasteiger partial charge is 0.492 e. The highest BCUT2D eigenvalue weighted by molar-refractivity contribution is 7.92. The highest BCUT2D eigenvalue weighted by atomic mass is 32.2. The zero-order chi connectivity index (χ0) is 24.5. The maximum Gasteiger partial charge on any atom is 0.341 e. The van der Waals surface area contributed by atoms with Crippen molar-refractivity contribution in [1.82, 2.24) is 4.90 Å². The lowest BCUT2D eigenvalue weighted by Gasteiger charge is -2.21. The molecule has 0 unspecified atom stereocenters. The molecule has 9 heteroatoms. The Labute approximate surface area is 199 Å². The Kier molecular flexibility index (Phi) is 6.95. The van der Waals surface area contributed by atoms with Crippen LogP contribution in [0.1, 0.15) is 54.1 Å². The van der Waals surface area contributed by atoms with Crippen LogP contribution in [0.5, 0.6) is 5.75 Å². The minimum absolute atomic E-state index is 0.0777. The average molecular weight is 489 g/mol. The Bertz CT molecular complexity index is 1220. The van der Waals surface area contributed by atoms with E-state index >= 15 is 0 Å². The number of hydrogen-bond donors (Lipinski definition) is 2. The lowest BCUT2D eigenvalue weighted by molar-refractivity contribution is 0.0692. The number of nitrogens with zero attached hydrogens (tertiary/aromatic N) is 1. The molecule has 1 heterocycles. The highest BCUT2D eigenvalue weighted by Crippen LogP contribution is 2.55. The van der Waals surface area contributed by atoms with E-state index in [0.29, 0.717) is 18.9 Å². The molecule has 1 fully saturated rings. The molecule has 34 heavy (non-hydrogen) atoms. The number of rotatable bonds is 10. The van der Waals surface area contributed by atoms with Crippen molar-refractivity contribution >= 4 is 27.8 Å². The minimum Gasteiger partial charge on any atom is -0.492 e. The molecule has 1 aliphatic carbocycles. The molecule has 4 rings (SSSR count). The average Bonchev–Trinajstić information content (AvgIpc) is 3.58. The van der Waals surface area contributed by atoms with E-state index in [1.165, 1.54) is 12.1 Å². The molecule has 2 atom stereocenters. The van der Waals surface area contributed by atoms with E-state index in [1.54, 1.807) is 12.1 Å². The van der Waals surface area contributed by atoms with Gasteiger partial charge in [-0.05, 0) is 67.2 Å². The predicted octanol–water partition coefficient (Wildman–Crippen LogP) is 4.57. The third-order valence-corrected chi connectivity index (χ3v) is 7.91. The van der Waals surface area contributed by atoms with Crippen molar-refractivity contribution in [2.45, 2.75) is 37.5 Å². The maximum absolute atomic E-state index is 14.0. The first-order chi connectivity index (χ1) is 16.2. The molecule has 182 valence electrons. The second-order valence-electron chi connectivity index (χ2n) is 8.63. The quantitative estimate of drug-likeness (QED) is 0.509. The molecule has 0 radical (unpaired) electrons. The molecule has 0 aromatic heterocycles. The number of nitrogens with one attached hydrogen (secondary N) is 1. The van der Waals surface area contributed by atoms with Crippen molar-refractivity contribution in [3.8, 4) is 5.75 Å². The summed E-state index contributed by atoms with van der Waals surface area (Å²) in [4.78, 5) is 14.1. The Morgan fingerprint density at radius 1 is 1.26 bits per heavy atom. The van der Waals surface area contributed by atoms with Crippen LogP contribution in [-0.4, -0.2) is 50.6 Å². The first-order valence-corrected chi connectivity index (χ1v) is 13.0. The van der Waals surface area contributed by atoms with Crippen molar-refractivity contribution in [1.29, 1.82) is 0 Å². The van der Waals surface area contributed by atoms with Crippen LogP contribution < -0.4 is 9.46 Å². The van der Waals surface area contributed by atoms with E-state index in [-0.39, 0.29) is 33.4 Å². The summed E-state index contributed by atoms with van der Waals surface area (Å²) in [6.45, 7) is 7.18. The van der Waals surface area contributed by atoms with Gasteiger partial charge in [0.25, 0.3) is 10.0 Å². The van der Waals surface area contributed by atoms with Crippen LogP contribution in [-0.2, 0) is 10.0 Å². The summed E-state index contributed by atoms with van der Waals surface area (Å²) in [5, 5.41) is 9.83. The fourth-order valence-electron chi connectivity index (χ4n) is 4.45. The molecule has 0 spiro atoms. The van der Waals surface area contributed by atoms with Crippen LogP contribution >= 0.6 is 0 Å². The van der Waals surface area contributed by atoms with Crippen LogP contribution in [0.4, 0.5) is 10.1 Å². The number of fused-ring (bicyclic) bond motifs is 3. The van der Waals surface area contributed by atoms with Crippen molar-refractivity contribution in [3.05, 3.63) is 58.9 Å². The number of carbonyl (C=O) groups is 1. The Hall–Kier alpha value is -2.91. The molecule has 1 saturated carbocycles. The highest BCUT2D eigenvalue weighted by Gasteiger charge is 2.45. The van der Waals surface area contributed by atoms with Gasteiger partial charge in [0.05, 0.1) is 17.2 Å². The number of carboxylic acid groups (broad SMARTS) is 1. The SMILES string of the molecule is CCN(CC)CC/C=C\c1cc(F)ccc1S(=O)(=O)Nc1ccc2c(c1C(=O)O)OC[C@@H]1C[C@H]21. The Balaban J connectivity index is 1.63. The summed E-state index contributed by atoms with van der Waals surface area (Å²) in [7, 11) is -4.21. The van der Waals surface area contributed by atoms with E-state index in [4.69, 9.17) is 4.74 Å². The summed E-state index contributed by atoms with van der Waals surface area (Å²) in [6, 6.07) is 6.61. The summed E-state index contributed by atoms with van der Waals surface area (Å²) >= 11 is 0. The van der Waals surface area contributed by atoms with Crippen LogP contribution in [0.15, 0.2) is 41.3 Å². The van der Waals surface area contributed by atoms with Crippen LogP contribution in [0.3, 0.4) is 0 Å². The number of sulfonamides is 1. The van der Waals surface area contributed by atoms with Gasteiger partial charge in [0, 0.05) is 12.5 Å². The van der Waals surface area contributed by atoms with Gasteiger partial charge in [0.15, 0.2) is 0 Å². The van der Waals surface area contributed by atoms with Crippen molar-refractivity contribution < 1.29 is 27.4 Å². The second-order valence-corrected chi connectivity index (χ2v) is 10.3. The monoisotopic (exact) mass is 488 g/mol. The smallest absolute Gasteiger partial charge is 0.341 e. The lowest BCUT2D eigenvalue weighted by atomic mass is 10.0. The zero-order valence-electron chi connectivity index (χ0n) is 19.3. The molecule has 2 aromatic rings. The lowest BCUT2D eigenvalue weighted by Crippen LogP contribution is -2.23. The van der Waals surface area contributed by atoms with E-state index in [2.05, 4.69) is 23.5 Å². The van der Waals surface area contributed by atoms with Crippen LogP contribution in [0.25, 0.3) is 6.08 Å². The van der Waals surface area contributed by atoms with Gasteiger partial charge in [-0.2, -0.15) is 0 Å². The van der Waals surface area contributed by atoms with Crippen LogP contribution in [0.2, 0.25) is 0 Å². The van der Waals surface area contributed by atoms with Crippen molar-refractivity contribution in [2.75, 3.05) is 31.0 Å². The summed E-state index contributed by atoms with van der Waals surface area (Å²) in [5.74, 6) is -0.953. The standard InChI is InChI=1S/C25H29FN2O5S/c1-3-28(4-2)12-6-5-7-16-13-18(26)8-11-22(16)34(31,32)27-21-10-9-19-20-14-17(20)15-33-24(19)23(21)25(29)30/h5,7-11,13,17,20,27H,3-4,6,12,14-15H2,1-2H3,(H,29,30)/b7-5-/t17-,20-/m0/s1. The van der Waals surface area contributed by atoms with Gasteiger partial charge >= 0.3 is 5.97 Å². The van der Waals surface area contributed by atoms with Crippen molar-refractivity contribution in [2.24, 2.45) is 5.92 Å². The van der Waals surface area contributed by atoms with Gasteiger partial charge in [0.1, 0.15) is 17.1 Å². The Morgan fingerprint density at radius 2 is 2.03 bits per heavy atom. The number of hydrogen-bond acceptors (Lipinski definition) is 5. The molecule has 0 amide bonds.